The Morgan fingerprint density at radius 3 is 2.76 bits per heavy atom. The Bertz CT molecular complexity index is 912. The average molecular weight is 396 g/mol. The molecule has 7 heteroatoms. The second-order valence-electron chi connectivity index (χ2n) is 5.95. The summed E-state index contributed by atoms with van der Waals surface area (Å²) >= 11 is 7.39. The fourth-order valence-electron chi connectivity index (χ4n) is 2.87. The molecule has 25 heavy (non-hydrogen) atoms. The second-order valence-corrected chi connectivity index (χ2v) is 9.34. The van der Waals surface area contributed by atoms with Crippen LogP contribution in [-0.4, -0.2) is 32.8 Å². The molecular formula is C18H18ClNO3S2. The van der Waals surface area contributed by atoms with Gasteiger partial charge in [0.2, 0.25) is 10.0 Å². The number of fused-ring (bicyclic) bond motifs is 1. The number of thioether (sulfide) groups is 1. The number of carbonyl (C=O) groups excluding carboxylic acids is 1. The van der Waals surface area contributed by atoms with Crippen LogP contribution in [0, 0.1) is 0 Å². The van der Waals surface area contributed by atoms with Crippen molar-refractivity contribution in [1.82, 2.24) is 0 Å². The van der Waals surface area contributed by atoms with E-state index in [-0.39, 0.29) is 5.78 Å². The van der Waals surface area contributed by atoms with Crippen molar-refractivity contribution in [2.45, 2.75) is 17.7 Å². The fourth-order valence-corrected chi connectivity index (χ4v) is 4.97. The lowest BCUT2D eigenvalue weighted by molar-refractivity contribution is 0.102. The maximum atomic E-state index is 12.5. The van der Waals surface area contributed by atoms with Crippen molar-refractivity contribution >= 4 is 44.9 Å². The van der Waals surface area contributed by atoms with Gasteiger partial charge in [-0.15, -0.1) is 11.8 Å². The number of hydrogen-bond acceptors (Lipinski definition) is 4. The molecule has 0 bridgehead atoms. The summed E-state index contributed by atoms with van der Waals surface area (Å²) in [5.74, 6) is 0.332. The first-order valence-corrected chi connectivity index (χ1v) is 11.1. The molecule has 1 aliphatic rings. The highest BCUT2D eigenvalue weighted by atomic mass is 35.5. The molecule has 0 fully saturated rings. The molecule has 0 saturated heterocycles. The molecule has 0 aliphatic carbocycles. The number of rotatable bonds is 5. The number of ketones is 1. The van der Waals surface area contributed by atoms with Crippen LogP contribution in [-0.2, 0) is 16.4 Å². The van der Waals surface area contributed by atoms with Gasteiger partial charge in [0.05, 0.1) is 17.7 Å². The van der Waals surface area contributed by atoms with E-state index in [9.17, 15) is 13.2 Å². The van der Waals surface area contributed by atoms with Crippen LogP contribution < -0.4 is 4.31 Å². The van der Waals surface area contributed by atoms with E-state index < -0.39 is 10.0 Å². The third-order valence-electron chi connectivity index (χ3n) is 4.04. The first-order valence-electron chi connectivity index (χ1n) is 7.87. The predicted molar refractivity (Wildman–Crippen MR) is 103 cm³/mol. The average Bonchev–Trinajstić information content (AvgIpc) is 2.58. The summed E-state index contributed by atoms with van der Waals surface area (Å²) in [6.45, 7) is 0.490. The van der Waals surface area contributed by atoms with E-state index in [1.165, 1.54) is 22.3 Å². The molecule has 0 amide bonds. The molecule has 0 aromatic heterocycles. The molecule has 0 unspecified atom stereocenters. The van der Waals surface area contributed by atoms with Crippen molar-refractivity contribution in [3.05, 3.63) is 58.6 Å². The smallest absolute Gasteiger partial charge is 0.232 e. The molecule has 0 spiro atoms. The van der Waals surface area contributed by atoms with Crippen LogP contribution in [0.15, 0.2) is 47.4 Å². The number of hydrogen-bond donors (Lipinski definition) is 0. The van der Waals surface area contributed by atoms with E-state index in [2.05, 4.69) is 0 Å². The first-order chi connectivity index (χ1) is 11.8. The van der Waals surface area contributed by atoms with Gasteiger partial charge >= 0.3 is 0 Å². The van der Waals surface area contributed by atoms with Gasteiger partial charge in [0.25, 0.3) is 0 Å². The summed E-state index contributed by atoms with van der Waals surface area (Å²) in [6.07, 6.45) is 2.75. The number of benzene rings is 2. The summed E-state index contributed by atoms with van der Waals surface area (Å²) in [4.78, 5) is 13.4. The molecule has 4 nitrogen and oxygen atoms in total. The van der Waals surface area contributed by atoms with Crippen molar-refractivity contribution in [2.24, 2.45) is 0 Å². The largest absolute Gasteiger partial charge is 0.293 e. The standard InChI is InChI=1S/C18H18ClNO3S2/c1-25(22,23)20-9-3-4-13-10-14(7-8-17(13)20)18(21)12-24-16-6-2-5-15(19)11-16/h2,5-8,10-11H,3-4,9,12H2,1H3. The Morgan fingerprint density at radius 2 is 2.04 bits per heavy atom. The minimum Gasteiger partial charge on any atom is -0.293 e. The lowest BCUT2D eigenvalue weighted by atomic mass is 9.99. The number of aryl methyl sites for hydroxylation is 1. The Kier molecular flexibility index (Phi) is 5.41. The minimum atomic E-state index is -3.29. The van der Waals surface area contributed by atoms with Crippen molar-refractivity contribution in [1.29, 1.82) is 0 Å². The third-order valence-corrected chi connectivity index (χ3v) is 6.45. The lowest BCUT2D eigenvalue weighted by Crippen LogP contribution is -2.34. The van der Waals surface area contributed by atoms with Crippen molar-refractivity contribution < 1.29 is 13.2 Å². The van der Waals surface area contributed by atoms with Gasteiger partial charge in [-0.25, -0.2) is 8.42 Å². The van der Waals surface area contributed by atoms with Crippen LogP contribution in [0.25, 0.3) is 0 Å². The summed E-state index contributed by atoms with van der Waals surface area (Å²) < 4.78 is 25.2. The quantitative estimate of drug-likeness (QED) is 0.566. The molecule has 2 aromatic carbocycles. The highest BCUT2D eigenvalue weighted by Crippen LogP contribution is 2.30. The first kappa shape index (κ1) is 18.3. The van der Waals surface area contributed by atoms with Gasteiger partial charge in [-0.05, 0) is 54.8 Å². The van der Waals surface area contributed by atoms with Crippen LogP contribution in [0.3, 0.4) is 0 Å². The van der Waals surface area contributed by atoms with Gasteiger partial charge in [-0.3, -0.25) is 9.10 Å². The van der Waals surface area contributed by atoms with E-state index >= 15 is 0 Å². The zero-order valence-corrected chi connectivity index (χ0v) is 16.1. The molecule has 3 rings (SSSR count). The van der Waals surface area contributed by atoms with Gasteiger partial charge in [0.1, 0.15) is 0 Å². The molecule has 0 saturated carbocycles. The topological polar surface area (TPSA) is 54.5 Å². The molecule has 2 aromatic rings. The van der Waals surface area contributed by atoms with Crippen LogP contribution >= 0.6 is 23.4 Å². The highest BCUT2D eigenvalue weighted by Gasteiger charge is 2.24. The third kappa shape index (κ3) is 4.37. The number of sulfonamides is 1. The lowest BCUT2D eigenvalue weighted by Gasteiger charge is -2.29. The summed E-state index contributed by atoms with van der Waals surface area (Å²) in [7, 11) is -3.29. The number of anilines is 1. The number of carbonyl (C=O) groups is 1. The normalized spacial score (nSPS) is 14.2. The maximum Gasteiger partial charge on any atom is 0.232 e. The molecule has 0 radical (unpaired) electrons. The molecular weight excluding hydrogens is 378 g/mol. The zero-order valence-electron chi connectivity index (χ0n) is 13.7. The van der Waals surface area contributed by atoms with Crippen molar-refractivity contribution in [2.75, 3.05) is 22.9 Å². The van der Waals surface area contributed by atoms with Crippen LogP contribution in [0.5, 0.6) is 0 Å². The minimum absolute atomic E-state index is 0.0178. The van der Waals surface area contributed by atoms with Gasteiger partial charge in [0, 0.05) is 22.0 Å². The highest BCUT2D eigenvalue weighted by molar-refractivity contribution is 8.00. The summed E-state index contributed by atoms with van der Waals surface area (Å²) in [5.41, 5.74) is 2.21. The van der Waals surface area contributed by atoms with Crippen LogP contribution in [0.2, 0.25) is 5.02 Å². The van der Waals surface area contributed by atoms with E-state index in [0.717, 1.165) is 23.3 Å². The van der Waals surface area contributed by atoms with E-state index in [1.54, 1.807) is 18.2 Å². The Morgan fingerprint density at radius 1 is 1.24 bits per heavy atom. The molecule has 1 aliphatic heterocycles. The van der Waals surface area contributed by atoms with Gasteiger partial charge in [-0.1, -0.05) is 17.7 Å². The van der Waals surface area contributed by atoms with Crippen LogP contribution in [0.1, 0.15) is 22.3 Å². The Labute approximate surface area is 157 Å². The predicted octanol–water partition coefficient (Wildman–Crippen LogP) is 4.03. The van der Waals surface area contributed by atoms with Gasteiger partial charge in [-0.2, -0.15) is 0 Å². The Balaban J connectivity index is 1.76. The van der Waals surface area contributed by atoms with Gasteiger partial charge in [0.15, 0.2) is 5.78 Å². The molecule has 132 valence electrons. The fraction of sp³-hybridized carbons (Fsp3) is 0.278. The molecule has 1 heterocycles. The van der Waals surface area contributed by atoms with E-state index in [4.69, 9.17) is 11.6 Å². The zero-order chi connectivity index (χ0) is 18.0. The number of nitrogens with zero attached hydrogens (tertiary/aromatic N) is 1. The number of Topliss-reactive ketones (excluding diaryl/α,β-unsaturated/α-hetero) is 1. The van der Waals surface area contributed by atoms with E-state index in [1.807, 2.05) is 24.3 Å². The number of halogens is 1. The van der Waals surface area contributed by atoms with Crippen molar-refractivity contribution in [3.8, 4) is 0 Å². The summed E-state index contributed by atoms with van der Waals surface area (Å²) in [6, 6.07) is 12.7. The van der Waals surface area contributed by atoms with Gasteiger partial charge < -0.3 is 0 Å². The molecule has 0 atom stereocenters. The summed E-state index contributed by atoms with van der Waals surface area (Å²) in [5, 5.41) is 0.645. The second kappa shape index (κ2) is 7.40. The SMILES string of the molecule is CS(=O)(=O)N1CCCc2cc(C(=O)CSc3cccc(Cl)c3)ccc21. The molecule has 0 N–H and O–H groups in total. The van der Waals surface area contributed by atoms with E-state index in [0.29, 0.717) is 28.6 Å². The van der Waals surface area contributed by atoms with Crippen LogP contribution in [0.4, 0.5) is 5.69 Å². The maximum absolute atomic E-state index is 12.5. The monoisotopic (exact) mass is 395 g/mol. The Hall–Kier alpha value is -1.50. The van der Waals surface area contributed by atoms with Crippen molar-refractivity contribution in [3.63, 3.8) is 0 Å².